The highest BCUT2D eigenvalue weighted by molar-refractivity contribution is 5.90. The minimum atomic E-state index is 0.0347. The molecule has 4 nitrogen and oxygen atoms in total. The normalized spacial score (nSPS) is 11.0. The first-order chi connectivity index (χ1) is 12.3. The third-order valence-corrected chi connectivity index (χ3v) is 4.35. The van der Waals surface area contributed by atoms with Crippen molar-refractivity contribution in [3.05, 3.63) is 78.1 Å². The largest absolute Gasteiger partial charge is 0.355 e. The second-order valence-electron chi connectivity index (χ2n) is 6.12. The van der Waals surface area contributed by atoms with Crippen LogP contribution in [0.3, 0.4) is 0 Å². The van der Waals surface area contributed by atoms with Gasteiger partial charge in [-0.3, -0.25) is 4.79 Å². The summed E-state index contributed by atoms with van der Waals surface area (Å²) >= 11 is 0. The van der Waals surface area contributed by atoms with Gasteiger partial charge in [0.2, 0.25) is 5.91 Å². The topological polar surface area (TPSA) is 57.8 Å². The fraction of sp³-hybridized carbons (Fsp3) is 0.143. The van der Waals surface area contributed by atoms with E-state index in [-0.39, 0.29) is 5.91 Å². The number of benzene rings is 3. The van der Waals surface area contributed by atoms with E-state index in [0.29, 0.717) is 19.4 Å². The molecule has 0 radical (unpaired) electrons. The van der Waals surface area contributed by atoms with E-state index < -0.39 is 0 Å². The van der Waals surface area contributed by atoms with Gasteiger partial charge in [-0.1, -0.05) is 54.6 Å². The van der Waals surface area contributed by atoms with E-state index in [0.717, 1.165) is 33.2 Å². The molecule has 3 aromatic carbocycles. The summed E-state index contributed by atoms with van der Waals surface area (Å²) in [5.41, 5.74) is 3.04. The molecule has 0 aliphatic heterocycles. The van der Waals surface area contributed by atoms with Crippen molar-refractivity contribution in [3.8, 4) is 0 Å². The summed E-state index contributed by atoms with van der Waals surface area (Å²) in [6.07, 6.45) is 1.08. The molecule has 0 saturated carbocycles. The highest BCUT2D eigenvalue weighted by Crippen LogP contribution is 2.18. The summed E-state index contributed by atoms with van der Waals surface area (Å²) < 4.78 is 0. The van der Waals surface area contributed by atoms with Gasteiger partial charge in [0.15, 0.2) is 0 Å². The minimum Gasteiger partial charge on any atom is -0.355 e. The zero-order chi connectivity index (χ0) is 17.1. The summed E-state index contributed by atoms with van der Waals surface area (Å²) in [5, 5.41) is 5.29. The van der Waals surface area contributed by atoms with E-state index in [1.54, 1.807) is 0 Å². The van der Waals surface area contributed by atoms with Crippen molar-refractivity contribution in [2.24, 2.45) is 0 Å². The maximum Gasteiger partial charge on any atom is 0.224 e. The first kappa shape index (κ1) is 15.4. The van der Waals surface area contributed by atoms with Crippen LogP contribution >= 0.6 is 0 Å². The van der Waals surface area contributed by atoms with Crippen LogP contribution in [0.5, 0.6) is 0 Å². The minimum absolute atomic E-state index is 0.0347. The predicted octanol–water partition coefficient (Wildman–Crippen LogP) is 3.62. The molecule has 4 heteroatoms. The Labute approximate surface area is 145 Å². The van der Waals surface area contributed by atoms with Crippen molar-refractivity contribution in [3.63, 3.8) is 0 Å². The lowest BCUT2D eigenvalue weighted by Gasteiger charge is -2.07. The average Bonchev–Trinajstić information content (AvgIpc) is 3.05. The predicted molar refractivity (Wildman–Crippen MR) is 100 cm³/mol. The highest BCUT2D eigenvalue weighted by Gasteiger charge is 2.07. The zero-order valence-corrected chi connectivity index (χ0v) is 13.8. The van der Waals surface area contributed by atoms with Gasteiger partial charge in [-0.15, -0.1) is 0 Å². The van der Waals surface area contributed by atoms with Crippen molar-refractivity contribution >= 4 is 27.7 Å². The number of imidazole rings is 1. The van der Waals surface area contributed by atoms with Gasteiger partial charge in [0.05, 0.1) is 17.5 Å². The monoisotopic (exact) mass is 329 g/mol. The molecule has 2 N–H and O–H groups in total. The molecular weight excluding hydrogens is 310 g/mol. The van der Waals surface area contributed by atoms with Crippen LogP contribution in [0.25, 0.3) is 21.8 Å². The number of aromatic amines is 1. The van der Waals surface area contributed by atoms with Gasteiger partial charge in [-0.05, 0) is 28.5 Å². The number of H-pyrrole nitrogens is 1. The SMILES string of the molecule is O=C(Cc1cccc2ccccc12)NCCc1nc2ccccc2[nH]1. The Bertz CT molecular complexity index is 997. The number of carbonyl (C=O) groups is 1. The molecule has 4 aromatic rings. The molecular formula is C21H19N3O. The highest BCUT2D eigenvalue weighted by atomic mass is 16.1. The van der Waals surface area contributed by atoms with E-state index in [4.69, 9.17) is 0 Å². The maximum atomic E-state index is 12.3. The number of nitrogens with one attached hydrogen (secondary N) is 2. The lowest BCUT2D eigenvalue weighted by Crippen LogP contribution is -2.27. The van der Waals surface area contributed by atoms with Crippen LogP contribution in [0.1, 0.15) is 11.4 Å². The van der Waals surface area contributed by atoms with Crippen LogP contribution in [0.15, 0.2) is 66.7 Å². The van der Waals surface area contributed by atoms with Crippen LogP contribution in [-0.2, 0) is 17.6 Å². The van der Waals surface area contributed by atoms with Gasteiger partial charge in [0.1, 0.15) is 5.82 Å². The Morgan fingerprint density at radius 1 is 0.960 bits per heavy atom. The van der Waals surface area contributed by atoms with Gasteiger partial charge in [-0.25, -0.2) is 4.98 Å². The molecule has 1 heterocycles. The van der Waals surface area contributed by atoms with Crippen molar-refractivity contribution in [2.75, 3.05) is 6.54 Å². The number of hydrogen-bond acceptors (Lipinski definition) is 2. The maximum absolute atomic E-state index is 12.3. The number of aromatic nitrogens is 2. The van der Waals surface area contributed by atoms with Gasteiger partial charge in [0.25, 0.3) is 0 Å². The second kappa shape index (κ2) is 6.77. The molecule has 0 aliphatic rings. The standard InChI is InChI=1S/C21H19N3O/c25-21(14-16-8-5-7-15-6-1-2-9-17(15)16)22-13-12-20-23-18-10-3-4-11-19(18)24-20/h1-11H,12-14H2,(H,22,25)(H,23,24). The molecule has 0 spiro atoms. The summed E-state index contributed by atoms with van der Waals surface area (Å²) in [6.45, 7) is 0.573. The molecule has 0 atom stereocenters. The van der Waals surface area contributed by atoms with Crippen molar-refractivity contribution in [2.45, 2.75) is 12.8 Å². The summed E-state index contributed by atoms with van der Waals surface area (Å²) in [7, 11) is 0. The third kappa shape index (κ3) is 3.38. The van der Waals surface area contributed by atoms with Gasteiger partial charge in [-0.2, -0.15) is 0 Å². The number of hydrogen-bond donors (Lipinski definition) is 2. The Morgan fingerprint density at radius 2 is 1.76 bits per heavy atom. The van der Waals surface area contributed by atoms with E-state index in [2.05, 4.69) is 33.5 Å². The smallest absolute Gasteiger partial charge is 0.224 e. The first-order valence-corrected chi connectivity index (χ1v) is 8.46. The van der Waals surface area contributed by atoms with Gasteiger partial charge in [0, 0.05) is 13.0 Å². The van der Waals surface area contributed by atoms with E-state index in [9.17, 15) is 4.79 Å². The molecule has 0 saturated heterocycles. The molecule has 0 bridgehead atoms. The van der Waals surface area contributed by atoms with Crippen molar-refractivity contribution in [1.82, 2.24) is 15.3 Å². The average molecular weight is 329 g/mol. The lowest BCUT2D eigenvalue weighted by molar-refractivity contribution is -0.120. The summed E-state index contributed by atoms with van der Waals surface area (Å²) in [6, 6.07) is 22.2. The molecule has 4 rings (SSSR count). The molecule has 0 fully saturated rings. The second-order valence-corrected chi connectivity index (χ2v) is 6.12. The van der Waals surface area contributed by atoms with Crippen molar-refractivity contribution < 1.29 is 4.79 Å². The Hall–Kier alpha value is -3.14. The first-order valence-electron chi connectivity index (χ1n) is 8.46. The zero-order valence-electron chi connectivity index (χ0n) is 13.8. The van der Waals surface area contributed by atoms with E-state index in [1.807, 2.05) is 48.5 Å². The lowest BCUT2D eigenvalue weighted by atomic mass is 10.0. The number of rotatable bonds is 5. The number of amides is 1. The number of carbonyl (C=O) groups excluding carboxylic acids is 1. The molecule has 1 aromatic heterocycles. The van der Waals surface area contributed by atoms with E-state index in [1.165, 1.54) is 0 Å². The van der Waals surface area contributed by atoms with Crippen LogP contribution in [0.2, 0.25) is 0 Å². The summed E-state index contributed by atoms with van der Waals surface area (Å²) in [5.74, 6) is 0.930. The van der Waals surface area contributed by atoms with Crippen LogP contribution in [0, 0.1) is 0 Å². The number of fused-ring (bicyclic) bond motifs is 2. The van der Waals surface area contributed by atoms with Gasteiger partial charge < -0.3 is 10.3 Å². The Balaban J connectivity index is 1.37. The Kier molecular flexibility index (Phi) is 4.17. The molecule has 1 amide bonds. The quantitative estimate of drug-likeness (QED) is 0.587. The van der Waals surface area contributed by atoms with Gasteiger partial charge >= 0.3 is 0 Å². The van der Waals surface area contributed by atoms with Crippen molar-refractivity contribution in [1.29, 1.82) is 0 Å². The fourth-order valence-electron chi connectivity index (χ4n) is 3.13. The Morgan fingerprint density at radius 3 is 2.68 bits per heavy atom. The van der Waals surface area contributed by atoms with Crippen LogP contribution in [0.4, 0.5) is 0 Å². The van der Waals surface area contributed by atoms with Crippen LogP contribution in [-0.4, -0.2) is 22.4 Å². The van der Waals surface area contributed by atoms with Crippen LogP contribution < -0.4 is 5.32 Å². The molecule has 0 unspecified atom stereocenters. The molecule has 0 aliphatic carbocycles. The van der Waals surface area contributed by atoms with E-state index >= 15 is 0 Å². The third-order valence-electron chi connectivity index (χ3n) is 4.35. The number of nitrogens with zero attached hydrogens (tertiary/aromatic N) is 1. The molecule has 25 heavy (non-hydrogen) atoms. The summed E-state index contributed by atoms with van der Waals surface area (Å²) in [4.78, 5) is 20.1. The number of para-hydroxylation sites is 2. The molecule has 124 valence electrons. The fourth-order valence-corrected chi connectivity index (χ4v) is 3.13.